The van der Waals surface area contributed by atoms with Crippen LogP contribution in [0.25, 0.3) is 0 Å². The lowest BCUT2D eigenvalue weighted by Crippen LogP contribution is -2.53. The third-order valence-corrected chi connectivity index (χ3v) is 3.21. The van der Waals surface area contributed by atoms with Crippen LogP contribution in [0.1, 0.15) is 24.8 Å². The Bertz CT molecular complexity index is 292. The third-order valence-electron chi connectivity index (χ3n) is 3.21. The maximum atomic E-state index is 10.0. The molecule has 3 N–H and O–H groups in total. The van der Waals surface area contributed by atoms with Gasteiger partial charge in [-0.05, 0) is 31.2 Å². The van der Waals surface area contributed by atoms with Crippen LogP contribution >= 0.6 is 0 Å². The third kappa shape index (κ3) is 1.81. The summed E-state index contributed by atoms with van der Waals surface area (Å²) in [6.07, 6.45) is 3.61. The number of aliphatic hydroxyl groups is 1. The van der Waals surface area contributed by atoms with E-state index in [4.69, 9.17) is 5.73 Å². The first-order valence-corrected chi connectivity index (χ1v) is 5.23. The molecule has 1 atom stereocenters. The van der Waals surface area contributed by atoms with Crippen molar-refractivity contribution in [3.05, 3.63) is 35.9 Å². The maximum Gasteiger partial charge on any atom is 0.0801 e. The molecule has 0 aliphatic heterocycles. The summed E-state index contributed by atoms with van der Waals surface area (Å²) in [6, 6.07) is 10.0. The molecule has 14 heavy (non-hydrogen) atoms. The number of benzene rings is 1. The van der Waals surface area contributed by atoms with E-state index < -0.39 is 5.60 Å². The number of nitrogens with two attached hydrogens (primary N) is 1. The smallest absolute Gasteiger partial charge is 0.0801 e. The van der Waals surface area contributed by atoms with Gasteiger partial charge in [0.25, 0.3) is 0 Å². The summed E-state index contributed by atoms with van der Waals surface area (Å²) in [5.41, 5.74) is 6.62. The Morgan fingerprint density at radius 2 is 1.93 bits per heavy atom. The van der Waals surface area contributed by atoms with Crippen molar-refractivity contribution in [3.8, 4) is 0 Å². The summed E-state index contributed by atoms with van der Waals surface area (Å²) in [4.78, 5) is 0. The molecule has 76 valence electrons. The number of rotatable bonds is 3. The van der Waals surface area contributed by atoms with Gasteiger partial charge in [0.05, 0.1) is 5.60 Å². The van der Waals surface area contributed by atoms with E-state index in [0.29, 0.717) is 0 Å². The first-order chi connectivity index (χ1) is 6.71. The highest BCUT2D eigenvalue weighted by molar-refractivity contribution is 5.17. The summed E-state index contributed by atoms with van der Waals surface area (Å²) in [5.74, 6) is 0. The first-order valence-electron chi connectivity index (χ1n) is 5.23. The minimum absolute atomic E-state index is 0.112. The zero-order valence-electron chi connectivity index (χ0n) is 8.32. The van der Waals surface area contributed by atoms with E-state index in [2.05, 4.69) is 12.1 Å². The second-order valence-corrected chi connectivity index (χ2v) is 4.25. The lowest BCUT2D eigenvalue weighted by molar-refractivity contribution is -0.0546. The fraction of sp³-hybridized carbons (Fsp3) is 0.500. The van der Waals surface area contributed by atoms with Crippen LogP contribution in [0, 0.1) is 0 Å². The van der Waals surface area contributed by atoms with Crippen LogP contribution in [0.2, 0.25) is 0 Å². The fourth-order valence-corrected chi connectivity index (χ4v) is 1.97. The average Bonchev–Trinajstić information content (AvgIpc) is 2.15. The van der Waals surface area contributed by atoms with Crippen LogP contribution in [0.4, 0.5) is 0 Å². The van der Waals surface area contributed by atoms with E-state index in [1.807, 2.05) is 18.2 Å². The van der Waals surface area contributed by atoms with E-state index in [1.54, 1.807) is 0 Å². The van der Waals surface area contributed by atoms with Gasteiger partial charge in [-0.3, -0.25) is 0 Å². The monoisotopic (exact) mass is 191 g/mol. The molecule has 1 aliphatic carbocycles. The summed E-state index contributed by atoms with van der Waals surface area (Å²) >= 11 is 0. The second kappa shape index (κ2) is 3.71. The molecule has 2 heteroatoms. The van der Waals surface area contributed by atoms with Gasteiger partial charge in [0.1, 0.15) is 0 Å². The van der Waals surface area contributed by atoms with Crippen molar-refractivity contribution in [1.82, 2.24) is 0 Å². The molecular weight excluding hydrogens is 174 g/mol. The highest BCUT2D eigenvalue weighted by Crippen LogP contribution is 2.34. The Morgan fingerprint density at radius 1 is 1.29 bits per heavy atom. The minimum Gasteiger partial charge on any atom is -0.388 e. The summed E-state index contributed by atoms with van der Waals surface area (Å²) < 4.78 is 0. The van der Waals surface area contributed by atoms with Gasteiger partial charge in [-0.15, -0.1) is 0 Å². The molecule has 1 aromatic rings. The van der Waals surface area contributed by atoms with Crippen molar-refractivity contribution in [2.45, 2.75) is 37.3 Å². The molecule has 0 aromatic heterocycles. The molecule has 0 saturated heterocycles. The normalized spacial score (nSPS) is 21.3. The largest absolute Gasteiger partial charge is 0.388 e. The zero-order valence-corrected chi connectivity index (χ0v) is 8.32. The van der Waals surface area contributed by atoms with Crippen LogP contribution in [-0.4, -0.2) is 16.7 Å². The van der Waals surface area contributed by atoms with E-state index in [9.17, 15) is 5.11 Å². The highest BCUT2D eigenvalue weighted by Gasteiger charge is 2.39. The molecule has 0 unspecified atom stereocenters. The van der Waals surface area contributed by atoms with Crippen LogP contribution in [0.3, 0.4) is 0 Å². The molecule has 0 bridgehead atoms. The highest BCUT2D eigenvalue weighted by atomic mass is 16.3. The van der Waals surface area contributed by atoms with Gasteiger partial charge in [0, 0.05) is 6.04 Å². The van der Waals surface area contributed by atoms with Crippen LogP contribution in [0.5, 0.6) is 0 Å². The molecule has 0 amide bonds. The van der Waals surface area contributed by atoms with Crippen molar-refractivity contribution < 1.29 is 5.11 Å². The van der Waals surface area contributed by atoms with Gasteiger partial charge >= 0.3 is 0 Å². The molecule has 0 spiro atoms. The van der Waals surface area contributed by atoms with E-state index in [0.717, 1.165) is 25.7 Å². The summed E-state index contributed by atoms with van der Waals surface area (Å²) in [7, 11) is 0. The fourth-order valence-electron chi connectivity index (χ4n) is 1.97. The van der Waals surface area contributed by atoms with Gasteiger partial charge in [0.2, 0.25) is 0 Å². The lowest BCUT2D eigenvalue weighted by atomic mass is 9.73. The predicted octanol–water partition coefficient (Wildman–Crippen LogP) is 1.47. The molecule has 2 rings (SSSR count). The Labute approximate surface area is 84.7 Å². The lowest BCUT2D eigenvalue weighted by Gasteiger charge is -2.41. The van der Waals surface area contributed by atoms with Crippen molar-refractivity contribution in [3.63, 3.8) is 0 Å². The average molecular weight is 191 g/mol. The number of hydrogen-bond donors (Lipinski definition) is 2. The Morgan fingerprint density at radius 3 is 2.43 bits per heavy atom. The molecular formula is C12H17NO. The Kier molecular flexibility index (Phi) is 2.57. The SMILES string of the molecule is N[C@H](Cc1ccccc1)C1(O)CCC1. The van der Waals surface area contributed by atoms with Crippen LogP contribution in [-0.2, 0) is 6.42 Å². The minimum atomic E-state index is -0.587. The van der Waals surface area contributed by atoms with Crippen molar-refractivity contribution in [2.24, 2.45) is 5.73 Å². The van der Waals surface area contributed by atoms with Crippen LogP contribution in [0.15, 0.2) is 30.3 Å². The molecule has 0 heterocycles. The van der Waals surface area contributed by atoms with Gasteiger partial charge in [-0.2, -0.15) is 0 Å². The van der Waals surface area contributed by atoms with Gasteiger partial charge in [-0.1, -0.05) is 30.3 Å². The van der Waals surface area contributed by atoms with Crippen molar-refractivity contribution in [1.29, 1.82) is 0 Å². The van der Waals surface area contributed by atoms with Crippen molar-refractivity contribution in [2.75, 3.05) is 0 Å². The van der Waals surface area contributed by atoms with Gasteiger partial charge in [-0.25, -0.2) is 0 Å². The van der Waals surface area contributed by atoms with Gasteiger partial charge < -0.3 is 10.8 Å². The first kappa shape index (κ1) is 9.69. The molecule has 1 aromatic carbocycles. The predicted molar refractivity (Wildman–Crippen MR) is 56.9 cm³/mol. The number of hydrogen-bond acceptors (Lipinski definition) is 2. The maximum absolute atomic E-state index is 10.0. The van der Waals surface area contributed by atoms with Crippen LogP contribution < -0.4 is 5.73 Å². The molecule has 1 aliphatic rings. The summed E-state index contributed by atoms with van der Waals surface area (Å²) in [5, 5.41) is 10.0. The second-order valence-electron chi connectivity index (χ2n) is 4.25. The Hall–Kier alpha value is -0.860. The standard InChI is InChI=1S/C12H17NO/c13-11(12(14)7-4-8-12)9-10-5-2-1-3-6-10/h1-3,5-6,11,14H,4,7-9,13H2/t11-/m1/s1. The van der Waals surface area contributed by atoms with E-state index >= 15 is 0 Å². The molecule has 1 fully saturated rings. The zero-order chi connectivity index (χ0) is 10.0. The Balaban J connectivity index is 1.98. The van der Waals surface area contributed by atoms with Gasteiger partial charge in [0.15, 0.2) is 0 Å². The summed E-state index contributed by atoms with van der Waals surface area (Å²) in [6.45, 7) is 0. The molecule has 0 radical (unpaired) electrons. The topological polar surface area (TPSA) is 46.2 Å². The molecule has 2 nitrogen and oxygen atoms in total. The van der Waals surface area contributed by atoms with E-state index in [1.165, 1.54) is 5.56 Å². The molecule has 1 saturated carbocycles. The quantitative estimate of drug-likeness (QED) is 0.760. The van der Waals surface area contributed by atoms with E-state index in [-0.39, 0.29) is 6.04 Å². The van der Waals surface area contributed by atoms with Crippen molar-refractivity contribution >= 4 is 0 Å².